The largest absolute Gasteiger partial charge is 0.497 e. The van der Waals surface area contributed by atoms with Crippen molar-refractivity contribution < 1.29 is 36.2 Å². The number of fused-ring (bicyclic) bond motifs is 1. The molecule has 0 aliphatic heterocycles. The third-order valence-electron chi connectivity index (χ3n) is 6.09. The highest BCUT2D eigenvalue weighted by atomic mass is 32.2. The summed E-state index contributed by atoms with van der Waals surface area (Å²) in [6.07, 6.45) is -4.08. The number of aliphatic hydroxyl groups is 1. The van der Waals surface area contributed by atoms with E-state index < -0.39 is 38.9 Å². The van der Waals surface area contributed by atoms with Gasteiger partial charge in [0.05, 0.1) is 23.0 Å². The number of alkyl halides is 3. The van der Waals surface area contributed by atoms with E-state index in [1.165, 1.54) is 66.3 Å². The zero-order valence-corrected chi connectivity index (χ0v) is 21.4. The Labute approximate surface area is 216 Å². The van der Waals surface area contributed by atoms with Crippen molar-refractivity contribution in [3.05, 3.63) is 83.7 Å². The van der Waals surface area contributed by atoms with E-state index in [-0.39, 0.29) is 33.7 Å². The van der Waals surface area contributed by atoms with E-state index >= 15 is 0 Å². The molecule has 0 aliphatic rings. The highest BCUT2D eigenvalue weighted by Gasteiger charge is 2.59. The SMILES string of the molecule is CCn1c(C(O)(c2ccc(OC)cc2)C(F)(F)F)nc2ccc(C(=O)Nc3cccc(S(C)(=O)=O)c3)cc21. The van der Waals surface area contributed by atoms with Crippen molar-refractivity contribution in [3.8, 4) is 5.75 Å². The first-order chi connectivity index (χ1) is 17.8. The molecule has 1 atom stereocenters. The second kappa shape index (κ2) is 9.76. The van der Waals surface area contributed by atoms with E-state index in [9.17, 15) is 31.5 Å². The normalized spacial score (nSPS) is 13.8. The standard InChI is InChI=1S/C26H24F3N3O5S/c1-4-32-22-14-16(23(33)30-18-6-5-7-20(15-18)38(3,35)36)8-13-21(22)31-24(32)25(34,26(27,28)29)17-9-11-19(37-2)12-10-17/h5-15,34H,4H2,1-3H3,(H,30,33). The van der Waals surface area contributed by atoms with Crippen molar-refractivity contribution in [2.45, 2.75) is 30.1 Å². The molecule has 0 fully saturated rings. The summed E-state index contributed by atoms with van der Waals surface area (Å²) in [6.45, 7) is 1.61. The Morgan fingerprint density at radius 2 is 1.76 bits per heavy atom. The van der Waals surface area contributed by atoms with Gasteiger partial charge in [-0.15, -0.1) is 0 Å². The highest BCUT2D eigenvalue weighted by Crippen LogP contribution is 2.45. The van der Waals surface area contributed by atoms with Gasteiger partial charge in [0.1, 0.15) is 5.75 Å². The van der Waals surface area contributed by atoms with Gasteiger partial charge in [-0.25, -0.2) is 13.4 Å². The molecule has 1 amide bonds. The van der Waals surface area contributed by atoms with Crippen LogP contribution in [0.5, 0.6) is 5.75 Å². The molecule has 3 aromatic carbocycles. The molecule has 4 rings (SSSR count). The van der Waals surface area contributed by atoms with E-state index in [0.717, 1.165) is 18.4 Å². The number of nitrogens with one attached hydrogen (secondary N) is 1. The molecule has 2 N–H and O–H groups in total. The molecule has 0 aliphatic carbocycles. The first-order valence-corrected chi connectivity index (χ1v) is 13.2. The molecule has 0 radical (unpaired) electrons. The molecule has 0 saturated heterocycles. The van der Waals surface area contributed by atoms with Crippen molar-refractivity contribution in [1.29, 1.82) is 0 Å². The van der Waals surface area contributed by atoms with Gasteiger partial charge in [-0.2, -0.15) is 13.2 Å². The summed E-state index contributed by atoms with van der Waals surface area (Å²) in [4.78, 5) is 17.1. The lowest BCUT2D eigenvalue weighted by Crippen LogP contribution is -2.45. The van der Waals surface area contributed by atoms with Gasteiger partial charge in [0.2, 0.25) is 5.60 Å². The topological polar surface area (TPSA) is 111 Å². The fourth-order valence-electron chi connectivity index (χ4n) is 4.12. The van der Waals surface area contributed by atoms with Crippen molar-refractivity contribution in [2.24, 2.45) is 0 Å². The van der Waals surface area contributed by atoms with Crippen LogP contribution >= 0.6 is 0 Å². The number of halogens is 3. The number of carbonyl (C=O) groups excluding carboxylic acids is 1. The highest BCUT2D eigenvalue weighted by molar-refractivity contribution is 7.90. The van der Waals surface area contributed by atoms with Crippen LogP contribution in [0.15, 0.2) is 71.6 Å². The number of nitrogens with zero attached hydrogens (tertiary/aromatic N) is 2. The molecule has 38 heavy (non-hydrogen) atoms. The van der Waals surface area contributed by atoms with E-state index in [2.05, 4.69) is 10.3 Å². The molecule has 0 saturated carbocycles. The van der Waals surface area contributed by atoms with Gasteiger partial charge in [0.25, 0.3) is 5.91 Å². The second-order valence-corrected chi connectivity index (χ2v) is 10.6. The minimum atomic E-state index is -5.12. The van der Waals surface area contributed by atoms with Crippen LogP contribution in [-0.4, -0.2) is 48.5 Å². The molecule has 12 heteroatoms. The summed E-state index contributed by atoms with van der Waals surface area (Å²) < 4.78 is 73.1. The fraction of sp³-hybridized carbons (Fsp3) is 0.231. The molecule has 1 heterocycles. The first-order valence-electron chi connectivity index (χ1n) is 11.4. The number of amides is 1. The molecular weight excluding hydrogens is 523 g/mol. The molecule has 4 aromatic rings. The van der Waals surface area contributed by atoms with E-state index in [4.69, 9.17) is 4.74 Å². The fourth-order valence-corrected chi connectivity index (χ4v) is 4.79. The van der Waals surface area contributed by atoms with Crippen molar-refractivity contribution in [1.82, 2.24) is 9.55 Å². The van der Waals surface area contributed by atoms with E-state index in [1.54, 1.807) is 6.92 Å². The smallest absolute Gasteiger partial charge is 0.428 e. The number of anilines is 1. The third-order valence-corrected chi connectivity index (χ3v) is 7.20. The van der Waals surface area contributed by atoms with Gasteiger partial charge < -0.3 is 19.7 Å². The first kappa shape index (κ1) is 27.1. The average Bonchev–Trinajstić information content (AvgIpc) is 3.25. The number of rotatable bonds is 7. The average molecular weight is 548 g/mol. The number of sulfone groups is 1. The molecular formula is C26H24F3N3O5S. The number of imidazole rings is 1. The number of hydrogen-bond acceptors (Lipinski definition) is 6. The van der Waals surface area contributed by atoms with E-state index in [1.807, 2.05) is 0 Å². The lowest BCUT2D eigenvalue weighted by atomic mass is 9.92. The Bertz CT molecular complexity index is 1620. The van der Waals surface area contributed by atoms with Crippen molar-refractivity contribution >= 4 is 32.5 Å². The summed E-state index contributed by atoms with van der Waals surface area (Å²) in [7, 11) is -2.13. The van der Waals surface area contributed by atoms with Crippen LogP contribution in [0, 0.1) is 0 Å². The number of methoxy groups -OCH3 is 1. The number of carbonyl (C=O) groups is 1. The maximum absolute atomic E-state index is 14.4. The van der Waals surface area contributed by atoms with Gasteiger partial charge in [0.15, 0.2) is 15.7 Å². The predicted molar refractivity (Wildman–Crippen MR) is 135 cm³/mol. The van der Waals surface area contributed by atoms with Gasteiger partial charge in [-0.1, -0.05) is 18.2 Å². The van der Waals surface area contributed by atoms with Crippen LogP contribution in [0.1, 0.15) is 28.7 Å². The number of aromatic nitrogens is 2. The number of ether oxygens (including phenoxy) is 1. The zero-order chi connectivity index (χ0) is 27.9. The van der Waals surface area contributed by atoms with Gasteiger partial charge >= 0.3 is 6.18 Å². The second-order valence-electron chi connectivity index (χ2n) is 8.57. The summed E-state index contributed by atoms with van der Waals surface area (Å²) in [5.74, 6) is -0.935. The minimum absolute atomic E-state index is 0.0157. The summed E-state index contributed by atoms with van der Waals surface area (Å²) in [6, 6.07) is 14.7. The molecule has 1 unspecified atom stereocenters. The third kappa shape index (κ3) is 4.84. The van der Waals surface area contributed by atoms with Gasteiger partial charge in [-0.3, -0.25) is 4.79 Å². The molecule has 0 spiro atoms. The van der Waals surface area contributed by atoms with Crippen LogP contribution in [-0.2, 0) is 22.0 Å². The number of benzene rings is 3. The van der Waals surface area contributed by atoms with Gasteiger partial charge in [-0.05, 0) is 55.5 Å². The van der Waals surface area contributed by atoms with Crippen LogP contribution in [0.4, 0.5) is 18.9 Å². The molecule has 200 valence electrons. The van der Waals surface area contributed by atoms with Crippen LogP contribution in [0.25, 0.3) is 11.0 Å². The summed E-state index contributed by atoms with van der Waals surface area (Å²) >= 11 is 0. The minimum Gasteiger partial charge on any atom is -0.497 e. The summed E-state index contributed by atoms with van der Waals surface area (Å²) in [5, 5.41) is 13.8. The molecule has 8 nitrogen and oxygen atoms in total. The predicted octanol–water partition coefficient (Wildman–Crippen LogP) is 4.52. The molecule has 1 aromatic heterocycles. The number of aryl methyl sites for hydroxylation is 1. The Morgan fingerprint density at radius 1 is 1.08 bits per heavy atom. The summed E-state index contributed by atoms with van der Waals surface area (Å²) in [5.41, 5.74) is -3.20. The van der Waals surface area contributed by atoms with E-state index in [0.29, 0.717) is 5.75 Å². The van der Waals surface area contributed by atoms with Crippen LogP contribution < -0.4 is 10.1 Å². The Kier molecular flexibility index (Phi) is 6.97. The maximum atomic E-state index is 14.4. The van der Waals surface area contributed by atoms with Crippen LogP contribution in [0.3, 0.4) is 0 Å². The number of hydrogen-bond donors (Lipinski definition) is 2. The lowest BCUT2D eigenvalue weighted by Gasteiger charge is -2.31. The maximum Gasteiger partial charge on any atom is 0.428 e. The Balaban J connectivity index is 1.78. The zero-order valence-electron chi connectivity index (χ0n) is 20.6. The van der Waals surface area contributed by atoms with Crippen molar-refractivity contribution in [3.63, 3.8) is 0 Å². The van der Waals surface area contributed by atoms with Crippen LogP contribution in [0.2, 0.25) is 0 Å². The quantitative estimate of drug-likeness (QED) is 0.352. The molecule has 0 bridgehead atoms. The lowest BCUT2D eigenvalue weighted by molar-refractivity contribution is -0.252. The monoisotopic (exact) mass is 547 g/mol. The Hall–Kier alpha value is -3.90. The van der Waals surface area contributed by atoms with Gasteiger partial charge in [0, 0.05) is 29.6 Å². The van der Waals surface area contributed by atoms with Crippen molar-refractivity contribution in [2.75, 3.05) is 18.7 Å². The Morgan fingerprint density at radius 3 is 2.34 bits per heavy atom.